The van der Waals surface area contributed by atoms with Gasteiger partial charge in [0.1, 0.15) is 0 Å². The number of hydrogen-bond acceptors (Lipinski definition) is 4. The minimum atomic E-state index is -0.298. The van der Waals surface area contributed by atoms with Gasteiger partial charge in [-0.15, -0.1) is 0 Å². The van der Waals surface area contributed by atoms with E-state index in [0.717, 1.165) is 10.9 Å². The number of rotatable bonds is 1. The lowest BCUT2D eigenvalue weighted by Crippen LogP contribution is -2.19. The van der Waals surface area contributed by atoms with Crippen LogP contribution in [0.15, 0.2) is 23.0 Å². The molecule has 1 aliphatic rings. The van der Waals surface area contributed by atoms with Crippen molar-refractivity contribution in [3.63, 3.8) is 0 Å². The summed E-state index contributed by atoms with van der Waals surface area (Å²) in [6, 6.07) is 5.11. The van der Waals surface area contributed by atoms with Crippen molar-refractivity contribution < 1.29 is 9.47 Å². The number of fused-ring (bicyclic) bond motifs is 2. The Kier molecular flexibility index (Phi) is 2.09. The van der Waals surface area contributed by atoms with Gasteiger partial charge in [0.05, 0.1) is 5.52 Å². The van der Waals surface area contributed by atoms with E-state index in [-0.39, 0.29) is 18.4 Å². The van der Waals surface area contributed by atoms with E-state index in [1.165, 1.54) is 0 Å². The maximum atomic E-state index is 11.8. The molecule has 17 heavy (non-hydrogen) atoms. The van der Waals surface area contributed by atoms with Crippen LogP contribution in [0.1, 0.15) is 18.5 Å². The second-order valence-electron chi connectivity index (χ2n) is 4.14. The van der Waals surface area contributed by atoms with Gasteiger partial charge >= 0.3 is 0 Å². The Morgan fingerprint density at radius 1 is 1.29 bits per heavy atom. The molecule has 1 atom stereocenters. The number of hydrogen-bond donors (Lipinski definition) is 2. The first kappa shape index (κ1) is 10.2. The predicted octanol–water partition coefficient (Wildman–Crippen LogP) is 1.28. The Morgan fingerprint density at radius 2 is 2.00 bits per heavy atom. The number of nitrogens with two attached hydrogens (primary N) is 1. The van der Waals surface area contributed by atoms with Crippen molar-refractivity contribution >= 4 is 10.9 Å². The molecule has 1 unspecified atom stereocenters. The molecule has 2 heterocycles. The minimum absolute atomic E-state index is 0.161. The molecule has 3 N–H and O–H groups in total. The van der Waals surface area contributed by atoms with Crippen LogP contribution in [0.3, 0.4) is 0 Å². The summed E-state index contributed by atoms with van der Waals surface area (Å²) in [5.41, 5.74) is 6.87. The Labute approximate surface area is 97.2 Å². The van der Waals surface area contributed by atoms with Crippen LogP contribution in [0, 0.1) is 0 Å². The lowest BCUT2D eigenvalue weighted by atomic mass is 10.1. The first-order chi connectivity index (χ1) is 8.15. The first-order valence-electron chi connectivity index (χ1n) is 5.37. The highest BCUT2D eigenvalue weighted by Gasteiger charge is 2.15. The highest BCUT2D eigenvalue weighted by molar-refractivity contribution is 5.83. The van der Waals surface area contributed by atoms with Gasteiger partial charge in [0.25, 0.3) is 5.56 Å². The monoisotopic (exact) mass is 232 g/mol. The van der Waals surface area contributed by atoms with Crippen molar-refractivity contribution in [2.75, 3.05) is 6.79 Å². The molecule has 0 saturated heterocycles. The fraction of sp³-hybridized carbons (Fsp3) is 0.250. The molecule has 0 bridgehead atoms. The van der Waals surface area contributed by atoms with Crippen LogP contribution < -0.4 is 20.8 Å². The number of benzene rings is 1. The molecule has 88 valence electrons. The summed E-state index contributed by atoms with van der Waals surface area (Å²) in [5.74, 6) is 1.35. The molecule has 5 heteroatoms. The van der Waals surface area contributed by atoms with E-state index in [4.69, 9.17) is 15.2 Å². The largest absolute Gasteiger partial charge is 0.454 e. The maximum absolute atomic E-state index is 11.8. The number of H-pyrrole nitrogens is 1. The zero-order valence-corrected chi connectivity index (χ0v) is 9.32. The molecule has 0 amide bonds. The topological polar surface area (TPSA) is 77.3 Å². The van der Waals surface area contributed by atoms with Gasteiger partial charge in [0.15, 0.2) is 11.5 Å². The highest BCUT2D eigenvalue weighted by Crippen LogP contribution is 2.35. The third kappa shape index (κ3) is 1.55. The fourth-order valence-corrected chi connectivity index (χ4v) is 1.95. The molecular weight excluding hydrogens is 220 g/mol. The van der Waals surface area contributed by atoms with Gasteiger partial charge in [0, 0.05) is 23.1 Å². The van der Waals surface area contributed by atoms with Gasteiger partial charge in [-0.2, -0.15) is 0 Å². The van der Waals surface area contributed by atoms with Crippen molar-refractivity contribution in [3.8, 4) is 11.5 Å². The average molecular weight is 232 g/mol. The summed E-state index contributed by atoms with van der Waals surface area (Å²) in [5, 5.41) is 0.890. The van der Waals surface area contributed by atoms with Gasteiger partial charge in [-0.1, -0.05) is 0 Å². The quantitative estimate of drug-likeness (QED) is 0.776. The number of pyridine rings is 1. The van der Waals surface area contributed by atoms with Crippen LogP contribution in [0.4, 0.5) is 0 Å². The van der Waals surface area contributed by atoms with Gasteiger partial charge < -0.3 is 20.2 Å². The van der Waals surface area contributed by atoms with Crippen LogP contribution in [0.25, 0.3) is 10.9 Å². The van der Waals surface area contributed by atoms with E-state index in [2.05, 4.69) is 4.98 Å². The van der Waals surface area contributed by atoms with E-state index in [0.29, 0.717) is 17.1 Å². The Balaban J connectivity index is 2.29. The highest BCUT2D eigenvalue weighted by atomic mass is 16.7. The molecule has 0 fully saturated rings. The molecule has 0 spiro atoms. The molecule has 1 aromatic carbocycles. The number of aromatic amines is 1. The molecule has 1 aromatic heterocycles. The molecule has 2 aromatic rings. The summed E-state index contributed by atoms with van der Waals surface area (Å²) >= 11 is 0. The molecule has 0 aliphatic carbocycles. The molecule has 5 nitrogen and oxygen atoms in total. The van der Waals surface area contributed by atoms with Crippen molar-refractivity contribution in [1.29, 1.82) is 0 Å². The first-order valence-corrected chi connectivity index (χ1v) is 5.37. The van der Waals surface area contributed by atoms with Crippen LogP contribution >= 0.6 is 0 Å². The Bertz CT molecular complexity index is 646. The normalized spacial score (nSPS) is 15.2. The summed E-state index contributed by atoms with van der Waals surface area (Å²) in [7, 11) is 0. The van der Waals surface area contributed by atoms with E-state index < -0.39 is 0 Å². The number of nitrogens with one attached hydrogen (secondary N) is 1. The summed E-state index contributed by atoms with van der Waals surface area (Å²) in [6.07, 6.45) is 0. The van der Waals surface area contributed by atoms with Crippen molar-refractivity contribution in [3.05, 3.63) is 34.1 Å². The summed E-state index contributed by atoms with van der Waals surface area (Å²) in [4.78, 5) is 14.6. The van der Waals surface area contributed by atoms with Crippen LogP contribution in [0.5, 0.6) is 11.5 Å². The fourth-order valence-electron chi connectivity index (χ4n) is 1.95. The molecule has 0 saturated carbocycles. The van der Waals surface area contributed by atoms with Crippen molar-refractivity contribution in [2.45, 2.75) is 13.0 Å². The van der Waals surface area contributed by atoms with Crippen molar-refractivity contribution in [2.24, 2.45) is 5.73 Å². The van der Waals surface area contributed by atoms with Crippen LogP contribution in [-0.4, -0.2) is 11.8 Å². The van der Waals surface area contributed by atoms with Gasteiger partial charge in [-0.25, -0.2) is 0 Å². The summed E-state index contributed by atoms with van der Waals surface area (Å²) in [6.45, 7) is 2.00. The SMILES string of the molecule is CC(N)c1cc2cc3c(cc2[nH]c1=O)OCO3. The van der Waals surface area contributed by atoms with E-state index >= 15 is 0 Å². The van der Waals surface area contributed by atoms with Crippen molar-refractivity contribution in [1.82, 2.24) is 4.98 Å². The van der Waals surface area contributed by atoms with Gasteiger partial charge in [-0.05, 0) is 19.1 Å². The summed E-state index contributed by atoms with van der Waals surface area (Å²) < 4.78 is 10.5. The van der Waals surface area contributed by atoms with Gasteiger partial charge in [-0.3, -0.25) is 4.79 Å². The molecule has 0 radical (unpaired) electrons. The molecule has 1 aliphatic heterocycles. The maximum Gasteiger partial charge on any atom is 0.253 e. The third-order valence-electron chi connectivity index (χ3n) is 2.86. The zero-order chi connectivity index (χ0) is 12.0. The predicted molar refractivity (Wildman–Crippen MR) is 63.3 cm³/mol. The number of ether oxygens (including phenoxy) is 2. The van der Waals surface area contributed by atoms with E-state index in [1.807, 2.05) is 6.07 Å². The van der Waals surface area contributed by atoms with Crippen LogP contribution in [0.2, 0.25) is 0 Å². The minimum Gasteiger partial charge on any atom is -0.454 e. The standard InChI is InChI=1S/C12H12N2O3/c1-6(13)8-2-7-3-10-11(17-5-16-10)4-9(7)14-12(8)15/h2-4,6H,5,13H2,1H3,(H,14,15). The lowest BCUT2D eigenvalue weighted by molar-refractivity contribution is 0.174. The Hall–Kier alpha value is -2.01. The van der Waals surface area contributed by atoms with Crippen LogP contribution in [-0.2, 0) is 0 Å². The zero-order valence-electron chi connectivity index (χ0n) is 9.32. The second kappa shape index (κ2) is 3.49. The number of aromatic nitrogens is 1. The second-order valence-corrected chi connectivity index (χ2v) is 4.14. The van der Waals surface area contributed by atoms with E-state index in [9.17, 15) is 4.79 Å². The molecule has 3 rings (SSSR count). The molecular formula is C12H12N2O3. The van der Waals surface area contributed by atoms with Gasteiger partial charge in [0.2, 0.25) is 6.79 Å². The third-order valence-corrected chi connectivity index (χ3v) is 2.86. The van der Waals surface area contributed by atoms with E-state index in [1.54, 1.807) is 19.1 Å². The smallest absolute Gasteiger partial charge is 0.253 e. The lowest BCUT2D eigenvalue weighted by Gasteiger charge is -2.07. The Morgan fingerprint density at radius 3 is 2.71 bits per heavy atom. The average Bonchev–Trinajstić information content (AvgIpc) is 2.71.